The number of hydrogen-bond acceptors (Lipinski definition) is 3. The van der Waals surface area contributed by atoms with Crippen molar-refractivity contribution in [3.63, 3.8) is 0 Å². The van der Waals surface area contributed by atoms with Gasteiger partial charge in [0.25, 0.3) is 0 Å². The van der Waals surface area contributed by atoms with Gasteiger partial charge in [-0.15, -0.1) is 0 Å². The van der Waals surface area contributed by atoms with E-state index >= 15 is 0 Å². The van der Waals surface area contributed by atoms with Gasteiger partial charge in [-0.3, -0.25) is 4.79 Å². The first-order valence-corrected chi connectivity index (χ1v) is 6.64. The molecule has 0 spiro atoms. The van der Waals surface area contributed by atoms with Gasteiger partial charge in [0.15, 0.2) is 0 Å². The van der Waals surface area contributed by atoms with Crippen molar-refractivity contribution in [1.82, 2.24) is 9.55 Å². The Balaban J connectivity index is 2.08. The number of fused-ring (bicyclic) bond motifs is 1. The number of benzene rings is 2. The Kier molecular flexibility index (Phi) is 3.10. The highest BCUT2D eigenvalue weighted by atomic mass is 16.2. The summed E-state index contributed by atoms with van der Waals surface area (Å²) < 4.78 is 1.15. The van der Waals surface area contributed by atoms with Crippen LogP contribution in [0.1, 0.15) is 15.9 Å². The topological polar surface area (TPSA) is 80.9 Å². The van der Waals surface area contributed by atoms with Crippen LogP contribution >= 0.6 is 0 Å². The van der Waals surface area contributed by atoms with Crippen LogP contribution in [0.15, 0.2) is 47.3 Å². The molecule has 1 heterocycles. The monoisotopic (exact) mass is 281 g/mol. The Bertz CT molecular complexity index is 876. The van der Waals surface area contributed by atoms with Crippen LogP contribution in [0.5, 0.6) is 0 Å². The molecule has 5 heteroatoms. The maximum atomic E-state index is 12.4. The number of nitrogens with one attached hydrogen (secondary N) is 1. The number of anilines is 1. The maximum Gasteiger partial charge on any atom is 0.333 e. The second-order valence-electron chi connectivity index (χ2n) is 5.05. The Hall–Kier alpha value is -2.82. The lowest BCUT2D eigenvalue weighted by molar-refractivity contribution is 0.0915. The molecule has 0 atom stereocenters. The summed E-state index contributed by atoms with van der Waals surface area (Å²) in [6.45, 7) is 1.86. The molecule has 2 aromatic carbocycles. The highest BCUT2D eigenvalue weighted by Crippen LogP contribution is 2.19. The number of carbonyl (C=O) groups excluding carboxylic acids is 1. The molecule has 0 saturated carbocycles. The maximum absolute atomic E-state index is 12.4. The molecule has 0 bridgehead atoms. The van der Waals surface area contributed by atoms with E-state index in [0.29, 0.717) is 16.7 Å². The van der Waals surface area contributed by atoms with Gasteiger partial charge in [0, 0.05) is 5.69 Å². The van der Waals surface area contributed by atoms with Crippen molar-refractivity contribution in [2.75, 3.05) is 5.73 Å². The zero-order chi connectivity index (χ0) is 15.0. The molecule has 0 aliphatic carbocycles. The van der Waals surface area contributed by atoms with Gasteiger partial charge in [0.2, 0.25) is 5.91 Å². The lowest BCUT2D eigenvalue weighted by Gasteiger charge is -2.04. The molecule has 0 saturated heterocycles. The summed E-state index contributed by atoms with van der Waals surface area (Å²) in [5, 5.41) is 0. The molecule has 0 unspecified atom stereocenters. The number of nitrogens with zero attached hydrogens (tertiary/aromatic N) is 1. The molecular weight excluding hydrogens is 266 g/mol. The number of imidazole rings is 1. The zero-order valence-electron chi connectivity index (χ0n) is 11.6. The van der Waals surface area contributed by atoms with E-state index in [1.54, 1.807) is 12.1 Å². The van der Waals surface area contributed by atoms with E-state index in [2.05, 4.69) is 4.98 Å². The summed E-state index contributed by atoms with van der Waals surface area (Å²) >= 11 is 0. The number of hydrogen-bond donors (Lipinski definition) is 2. The van der Waals surface area contributed by atoms with Crippen LogP contribution in [0, 0.1) is 6.92 Å². The molecule has 5 nitrogen and oxygen atoms in total. The Morgan fingerprint density at radius 3 is 2.67 bits per heavy atom. The van der Waals surface area contributed by atoms with E-state index < -0.39 is 5.69 Å². The van der Waals surface area contributed by atoms with Crippen molar-refractivity contribution in [3.05, 3.63) is 64.1 Å². The first-order valence-electron chi connectivity index (χ1n) is 6.64. The second kappa shape index (κ2) is 4.94. The Morgan fingerprint density at radius 1 is 1.24 bits per heavy atom. The van der Waals surface area contributed by atoms with Crippen LogP contribution < -0.4 is 11.4 Å². The molecule has 106 valence electrons. The quantitative estimate of drug-likeness (QED) is 0.706. The van der Waals surface area contributed by atoms with Crippen LogP contribution in [-0.2, 0) is 6.42 Å². The smallest absolute Gasteiger partial charge is 0.333 e. The number of rotatable bonds is 2. The Labute approximate surface area is 121 Å². The summed E-state index contributed by atoms with van der Waals surface area (Å²) in [6.07, 6.45) is 0.168. The average Bonchev–Trinajstić information content (AvgIpc) is 2.75. The minimum atomic E-state index is -0.434. The molecule has 0 aliphatic heterocycles. The zero-order valence-corrected chi connectivity index (χ0v) is 11.6. The fourth-order valence-corrected chi connectivity index (χ4v) is 2.38. The van der Waals surface area contributed by atoms with Gasteiger partial charge in [0.1, 0.15) is 0 Å². The third-order valence-electron chi connectivity index (χ3n) is 3.52. The van der Waals surface area contributed by atoms with Gasteiger partial charge in [-0.25, -0.2) is 9.36 Å². The van der Waals surface area contributed by atoms with E-state index in [1.807, 2.05) is 37.3 Å². The van der Waals surface area contributed by atoms with E-state index in [9.17, 15) is 9.59 Å². The summed E-state index contributed by atoms with van der Waals surface area (Å²) in [4.78, 5) is 27.1. The summed E-state index contributed by atoms with van der Waals surface area (Å²) in [5.41, 5.74) is 8.87. The van der Waals surface area contributed by atoms with E-state index in [-0.39, 0.29) is 12.3 Å². The normalized spacial score (nSPS) is 10.9. The van der Waals surface area contributed by atoms with Crippen molar-refractivity contribution < 1.29 is 4.79 Å². The predicted octanol–water partition coefficient (Wildman–Crippen LogP) is 2.10. The minimum absolute atomic E-state index is 0.168. The van der Waals surface area contributed by atoms with Crippen molar-refractivity contribution in [2.24, 2.45) is 0 Å². The molecule has 3 rings (SSSR count). The molecule has 0 aliphatic rings. The number of H-pyrrole nitrogens is 1. The molecule has 0 fully saturated rings. The van der Waals surface area contributed by atoms with Crippen molar-refractivity contribution in [3.8, 4) is 0 Å². The number of aromatic amines is 1. The highest BCUT2D eigenvalue weighted by molar-refractivity contribution is 5.92. The van der Waals surface area contributed by atoms with Gasteiger partial charge in [-0.1, -0.05) is 30.3 Å². The second-order valence-corrected chi connectivity index (χ2v) is 5.05. The summed E-state index contributed by atoms with van der Waals surface area (Å²) in [7, 11) is 0. The van der Waals surface area contributed by atoms with Gasteiger partial charge in [-0.05, 0) is 30.2 Å². The average molecular weight is 281 g/mol. The SMILES string of the molecule is Cc1cc2[nH]c(=O)n(C(=O)Cc3ccccc3)c2cc1N. The summed E-state index contributed by atoms with van der Waals surface area (Å²) in [5.74, 6) is -0.277. The van der Waals surface area contributed by atoms with Crippen LogP contribution in [-0.4, -0.2) is 15.5 Å². The van der Waals surface area contributed by atoms with Crippen molar-refractivity contribution in [1.29, 1.82) is 0 Å². The number of carbonyl (C=O) groups is 1. The predicted molar refractivity (Wildman–Crippen MR) is 82.5 cm³/mol. The van der Waals surface area contributed by atoms with E-state index in [4.69, 9.17) is 5.73 Å². The molecule has 1 aromatic heterocycles. The number of aryl methyl sites for hydroxylation is 1. The first-order chi connectivity index (χ1) is 10.1. The number of nitrogen functional groups attached to an aromatic ring is 1. The van der Waals surface area contributed by atoms with Crippen LogP contribution in [0.2, 0.25) is 0 Å². The fourth-order valence-electron chi connectivity index (χ4n) is 2.38. The lowest BCUT2D eigenvalue weighted by atomic mass is 10.1. The largest absolute Gasteiger partial charge is 0.398 e. The van der Waals surface area contributed by atoms with E-state index in [0.717, 1.165) is 15.7 Å². The molecular formula is C16H15N3O2. The molecule has 3 aromatic rings. The number of nitrogens with two attached hydrogens (primary N) is 1. The summed E-state index contributed by atoms with van der Waals surface area (Å²) in [6, 6.07) is 12.8. The van der Waals surface area contributed by atoms with Crippen molar-refractivity contribution in [2.45, 2.75) is 13.3 Å². The van der Waals surface area contributed by atoms with Crippen LogP contribution in [0.25, 0.3) is 11.0 Å². The lowest BCUT2D eigenvalue weighted by Crippen LogP contribution is -2.25. The third kappa shape index (κ3) is 2.33. The molecule has 21 heavy (non-hydrogen) atoms. The van der Waals surface area contributed by atoms with Crippen LogP contribution in [0.3, 0.4) is 0 Å². The van der Waals surface area contributed by atoms with Crippen molar-refractivity contribution >= 4 is 22.6 Å². The third-order valence-corrected chi connectivity index (χ3v) is 3.52. The first kappa shape index (κ1) is 13.2. The van der Waals surface area contributed by atoms with E-state index in [1.165, 1.54) is 0 Å². The standard InChI is InChI=1S/C16H15N3O2/c1-10-7-13-14(9-12(10)17)19(16(21)18-13)15(20)8-11-5-3-2-4-6-11/h2-7,9H,8,17H2,1H3,(H,18,21). The van der Waals surface area contributed by atoms with Gasteiger partial charge < -0.3 is 10.7 Å². The highest BCUT2D eigenvalue weighted by Gasteiger charge is 2.15. The molecule has 0 amide bonds. The molecule has 0 radical (unpaired) electrons. The van der Waals surface area contributed by atoms with Gasteiger partial charge in [0.05, 0.1) is 17.5 Å². The Morgan fingerprint density at radius 2 is 1.95 bits per heavy atom. The van der Waals surface area contributed by atoms with Gasteiger partial charge >= 0.3 is 5.69 Å². The van der Waals surface area contributed by atoms with Crippen LogP contribution in [0.4, 0.5) is 5.69 Å². The van der Waals surface area contributed by atoms with Gasteiger partial charge in [-0.2, -0.15) is 0 Å². The fraction of sp³-hybridized carbons (Fsp3) is 0.125. The number of aromatic nitrogens is 2. The molecule has 3 N–H and O–H groups in total. The minimum Gasteiger partial charge on any atom is -0.398 e.